The Hall–Kier alpha value is -1.10. The fourth-order valence-electron chi connectivity index (χ4n) is 0.779. The molecule has 11 heavy (non-hydrogen) atoms. The first-order valence-electron chi connectivity index (χ1n) is 3.31. The SMILES string of the molecule is CN[NH+]([O-])c1ccc(N)cc1. The summed E-state index contributed by atoms with van der Waals surface area (Å²) >= 11 is 0. The minimum absolute atomic E-state index is 0.0926. The van der Waals surface area contributed by atoms with Crippen LogP contribution in [0.15, 0.2) is 24.3 Å². The largest absolute Gasteiger partial charge is 0.608 e. The molecule has 0 heterocycles. The van der Waals surface area contributed by atoms with Crippen molar-refractivity contribution >= 4 is 11.4 Å². The molecule has 1 rings (SSSR count). The van der Waals surface area contributed by atoms with Crippen LogP contribution >= 0.6 is 0 Å². The predicted molar refractivity (Wildman–Crippen MR) is 43.9 cm³/mol. The van der Waals surface area contributed by atoms with Crippen molar-refractivity contribution < 1.29 is 5.17 Å². The summed E-state index contributed by atoms with van der Waals surface area (Å²) in [7, 11) is 1.60. The van der Waals surface area contributed by atoms with E-state index in [4.69, 9.17) is 5.73 Å². The molecule has 4 nitrogen and oxygen atoms in total. The Kier molecular flexibility index (Phi) is 2.43. The maximum Gasteiger partial charge on any atom is 0.150 e. The Bertz CT molecular complexity index is 222. The minimum Gasteiger partial charge on any atom is -0.608 e. The van der Waals surface area contributed by atoms with E-state index in [9.17, 15) is 5.21 Å². The molecule has 0 aromatic heterocycles. The standard InChI is InChI=1S/C7H11N3O/c1-9-10(11)7-4-2-6(8)3-5-7/h2-5,9-10H,8H2,1H3. The fourth-order valence-corrected chi connectivity index (χ4v) is 0.779. The molecular weight excluding hydrogens is 142 g/mol. The molecule has 0 aliphatic rings. The van der Waals surface area contributed by atoms with Crippen LogP contribution in [0, 0.1) is 5.21 Å². The van der Waals surface area contributed by atoms with Crippen LogP contribution in [0.1, 0.15) is 0 Å². The molecule has 60 valence electrons. The van der Waals surface area contributed by atoms with E-state index < -0.39 is 0 Å². The molecule has 4 N–H and O–H groups in total. The van der Waals surface area contributed by atoms with E-state index in [1.807, 2.05) is 0 Å². The van der Waals surface area contributed by atoms with E-state index in [1.54, 1.807) is 31.3 Å². The molecule has 0 saturated carbocycles. The van der Waals surface area contributed by atoms with Crippen molar-refractivity contribution in [2.75, 3.05) is 12.8 Å². The van der Waals surface area contributed by atoms with Crippen molar-refractivity contribution in [2.24, 2.45) is 0 Å². The average molecular weight is 153 g/mol. The molecule has 1 atom stereocenters. The molecule has 0 amide bonds. The molecule has 4 heteroatoms. The van der Waals surface area contributed by atoms with Gasteiger partial charge in [-0.05, 0) is 12.1 Å². The van der Waals surface area contributed by atoms with Crippen molar-refractivity contribution in [1.82, 2.24) is 5.43 Å². The van der Waals surface area contributed by atoms with Crippen LogP contribution < -0.4 is 16.3 Å². The van der Waals surface area contributed by atoms with Crippen molar-refractivity contribution in [3.63, 3.8) is 0 Å². The van der Waals surface area contributed by atoms with E-state index in [-0.39, 0.29) is 5.17 Å². The molecule has 1 aromatic carbocycles. The zero-order valence-electron chi connectivity index (χ0n) is 6.29. The second-order valence-electron chi connectivity index (χ2n) is 2.20. The van der Waals surface area contributed by atoms with Crippen LogP contribution in [0.2, 0.25) is 0 Å². The second kappa shape index (κ2) is 3.34. The van der Waals surface area contributed by atoms with E-state index in [0.717, 1.165) is 0 Å². The van der Waals surface area contributed by atoms with Gasteiger partial charge in [0.1, 0.15) is 0 Å². The van der Waals surface area contributed by atoms with Crippen molar-refractivity contribution in [2.45, 2.75) is 0 Å². The van der Waals surface area contributed by atoms with Crippen LogP contribution in [0.5, 0.6) is 0 Å². The number of rotatable bonds is 2. The minimum atomic E-state index is -0.0926. The maximum atomic E-state index is 11.0. The predicted octanol–water partition coefficient (Wildman–Crippen LogP) is -0.583. The molecule has 0 fully saturated rings. The lowest BCUT2D eigenvalue weighted by Crippen LogP contribution is -3.08. The third-order valence-electron chi connectivity index (χ3n) is 1.40. The fraction of sp³-hybridized carbons (Fsp3) is 0.143. The molecular formula is C7H11N3O. The molecule has 0 aliphatic heterocycles. The maximum absolute atomic E-state index is 11.0. The van der Waals surface area contributed by atoms with Crippen LogP contribution in [0.4, 0.5) is 11.4 Å². The Morgan fingerprint density at radius 3 is 2.36 bits per heavy atom. The van der Waals surface area contributed by atoms with Crippen LogP contribution in [0.3, 0.4) is 0 Å². The summed E-state index contributed by atoms with van der Waals surface area (Å²) in [6.07, 6.45) is 0. The van der Waals surface area contributed by atoms with Crippen LogP contribution in [0.25, 0.3) is 0 Å². The zero-order valence-corrected chi connectivity index (χ0v) is 6.29. The number of benzene rings is 1. The Balaban J connectivity index is 2.81. The normalized spacial score (nSPS) is 12.9. The summed E-state index contributed by atoms with van der Waals surface area (Å²) in [6, 6.07) is 6.78. The van der Waals surface area contributed by atoms with Crippen molar-refractivity contribution in [1.29, 1.82) is 0 Å². The highest BCUT2D eigenvalue weighted by molar-refractivity contribution is 5.44. The first-order valence-corrected chi connectivity index (χ1v) is 3.31. The molecule has 0 radical (unpaired) electrons. The quantitative estimate of drug-likeness (QED) is 0.393. The van der Waals surface area contributed by atoms with E-state index in [0.29, 0.717) is 11.4 Å². The van der Waals surface area contributed by atoms with Gasteiger partial charge >= 0.3 is 0 Å². The smallest absolute Gasteiger partial charge is 0.150 e. The highest BCUT2D eigenvalue weighted by Gasteiger charge is 1.97. The number of quaternary nitrogens is 1. The van der Waals surface area contributed by atoms with Crippen molar-refractivity contribution in [3.8, 4) is 0 Å². The first kappa shape index (κ1) is 8.00. The summed E-state index contributed by atoms with van der Waals surface area (Å²) < 4.78 is 0. The topological polar surface area (TPSA) is 65.5 Å². The van der Waals surface area contributed by atoms with Crippen LogP contribution in [-0.4, -0.2) is 7.05 Å². The van der Waals surface area contributed by atoms with E-state index in [1.165, 1.54) is 0 Å². The van der Waals surface area contributed by atoms with Gasteiger partial charge in [-0.3, -0.25) is 5.17 Å². The lowest BCUT2D eigenvalue weighted by Gasteiger charge is -2.18. The number of anilines is 1. The van der Waals surface area contributed by atoms with Gasteiger partial charge in [0, 0.05) is 24.9 Å². The third-order valence-corrected chi connectivity index (χ3v) is 1.40. The summed E-state index contributed by atoms with van der Waals surface area (Å²) in [5.74, 6) is 0. The number of nitrogens with two attached hydrogens (primary N) is 1. The number of hydrogen-bond acceptors (Lipinski definition) is 3. The summed E-state index contributed by atoms with van der Waals surface area (Å²) in [6.45, 7) is 0. The summed E-state index contributed by atoms with van der Waals surface area (Å²) in [5, 5.41) is 10.9. The van der Waals surface area contributed by atoms with E-state index in [2.05, 4.69) is 5.43 Å². The molecule has 1 unspecified atom stereocenters. The molecule has 0 bridgehead atoms. The Labute approximate surface area is 65.2 Å². The third kappa shape index (κ3) is 1.91. The second-order valence-corrected chi connectivity index (χ2v) is 2.20. The monoisotopic (exact) mass is 153 g/mol. The van der Waals surface area contributed by atoms with Gasteiger partial charge in [0.25, 0.3) is 0 Å². The Morgan fingerprint density at radius 1 is 1.36 bits per heavy atom. The molecule has 0 spiro atoms. The summed E-state index contributed by atoms with van der Waals surface area (Å²) in [4.78, 5) is 0. The van der Waals surface area contributed by atoms with Gasteiger partial charge in [-0.2, -0.15) is 5.43 Å². The van der Waals surface area contributed by atoms with Crippen molar-refractivity contribution in [3.05, 3.63) is 29.5 Å². The van der Waals surface area contributed by atoms with Gasteiger partial charge in [-0.25, -0.2) is 0 Å². The lowest BCUT2D eigenvalue weighted by atomic mass is 10.3. The Morgan fingerprint density at radius 2 is 1.91 bits per heavy atom. The van der Waals surface area contributed by atoms with Gasteiger partial charge < -0.3 is 10.9 Å². The lowest BCUT2D eigenvalue weighted by molar-refractivity contribution is -0.825. The number of nitrogens with one attached hydrogen (secondary N) is 2. The van der Waals surface area contributed by atoms with Gasteiger partial charge in [-0.15, -0.1) is 0 Å². The molecule has 1 aromatic rings. The van der Waals surface area contributed by atoms with Gasteiger partial charge in [0.2, 0.25) is 0 Å². The highest BCUT2D eigenvalue weighted by atomic mass is 16.5. The van der Waals surface area contributed by atoms with Crippen LogP contribution in [-0.2, 0) is 0 Å². The number of nitrogen functional groups attached to an aromatic ring is 1. The number of hydrogen-bond donors (Lipinski definition) is 3. The first-order chi connectivity index (χ1) is 5.24. The van der Waals surface area contributed by atoms with Gasteiger partial charge in [-0.1, -0.05) is 0 Å². The average Bonchev–Trinajstić information content (AvgIpc) is 2.05. The summed E-state index contributed by atoms with van der Waals surface area (Å²) in [5.41, 5.74) is 9.25. The zero-order chi connectivity index (χ0) is 8.27. The molecule has 0 aliphatic carbocycles. The van der Waals surface area contributed by atoms with Gasteiger partial charge in [0.05, 0.1) is 0 Å². The van der Waals surface area contributed by atoms with Gasteiger partial charge in [0.15, 0.2) is 5.69 Å². The molecule has 0 saturated heterocycles. The van der Waals surface area contributed by atoms with E-state index >= 15 is 0 Å². The highest BCUT2D eigenvalue weighted by Crippen LogP contribution is 2.04.